The van der Waals surface area contributed by atoms with E-state index >= 15 is 0 Å². The van der Waals surface area contributed by atoms with E-state index in [1.54, 1.807) is 18.3 Å². The Morgan fingerprint density at radius 3 is 2.85 bits per heavy atom. The number of thiophene rings is 1. The van der Waals surface area contributed by atoms with E-state index in [4.69, 9.17) is 0 Å². The van der Waals surface area contributed by atoms with Gasteiger partial charge in [0.1, 0.15) is 12.1 Å². The number of urea groups is 1. The van der Waals surface area contributed by atoms with Crippen molar-refractivity contribution in [3.05, 3.63) is 57.3 Å². The Bertz CT molecular complexity index is 909. The highest BCUT2D eigenvalue weighted by atomic mass is 32.1. The average Bonchev–Trinajstić information content (AvgIpc) is 3.37. The van der Waals surface area contributed by atoms with Gasteiger partial charge in [0, 0.05) is 4.88 Å². The van der Waals surface area contributed by atoms with Crippen molar-refractivity contribution in [1.29, 1.82) is 0 Å². The molecule has 0 radical (unpaired) electrons. The van der Waals surface area contributed by atoms with Crippen LogP contribution in [0.15, 0.2) is 35.7 Å². The van der Waals surface area contributed by atoms with Gasteiger partial charge in [0.15, 0.2) is 0 Å². The molecule has 7 heteroatoms. The summed E-state index contributed by atoms with van der Waals surface area (Å²) < 4.78 is 0. The first-order chi connectivity index (χ1) is 13.0. The summed E-state index contributed by atoms with van der Waals surface area (Å²) in [6.45, 7) is 1.81. The Balaban J connectivity index is 1.47. The Morgan fingerprint density at radius 1 is 1.26 bits per heavy atom. The third-order valence-corrected chi connectivity index (χ3v) is 6.17. The lowest BCUT2D eigenvalue weighted by Gasteiger charge is -2.23. The SMILES string of the molecule is C[C@@]1(c2ccc3c(c2)CCC3)NC(=O)N(CC(=O)NCc2cccs2)C1=O. The van der Waals surface area contributed by atoms with E-state index in [1.807, 2.05) is 35.7 Å². The second-order valence-electron chi connectivity index (χ2n) is 7.14. The maximum absolute atomic E-state index is 13.0. The van der Waals surface area contributed by atoms with E-state index in [9.17, 15) is 14.4 Å². The highest BCUT2D eigenvalue weighted by molar-refractivity contribution is 7.09. The fourth-order valence-corrected chi connectivity index (χ4v) is 4.36. The van der Waals surface area contributed by atoms with Crippen molar-refractivity contribution in [2.75, 3.05) is 6.54 Å². The summed E-state index contributed by atoms with van der Waals surface area (Å²) in [4.78, 5) is 39.6. The lowest BCUT2D eigenvalue weighted by Crippen LogP contribution is -2.43. The van der Waals surface area contributed by atoms with E-state index in [1.165, 1.54) is 11.1 Å². The lowest BCUT2D eigenvalue weighted by atomic mass is 9.89. The number of hydrogen-bond donors (Lipinski definition) is 2. The number of rotatable bonds is 5. The van der Waals surface area contributed by atoms with Crippen molar-refractivity contribution in [1.82, 2.24) is 15.5 Å². The van der Waals surface area contributed by atoms with Crippen LogP contribution in [0.2, 0.25) is 0 Å². The van der Waals surface area contributed by atoms with Crippen molar-refractivity contribution in [3.8, 4) is 0 Å². The lowest BCUT2D eigenvalue weighted by molar-refractivity contribution is -0.134. The Hall–Kier alpha value is -2.67. The fraction of sp³-hybridized carbons (Fsp3) is 0.350. The van der Waals surface area contributed by atoms with Crippen LogP contribution < -0.4 is 10.6 Å². The average molecular weight is 383 g/mol. The van der Waals surface area contributed by atoms with E-state index in [0.717, 1.165) is 34.6 Å². The van der Waals surface area contributed by atoms with Crippen LogP contribution in [0, 0.1) is 0 Å². The van der Waals surface area contributed by atoms with Gasteiger partial charge in [-0.25, -0.2) is 4.79 Å². The first kappa shape index (κ1) is 17.7. The molecule has 0 unspecified atom stereocenters. The number of aryl methyl sites for hydroxylation is 2. The summed E-state index contributed by atoms with van der Waals surface area (Å²) >= 11 is 1.54. The van der Waals surface area contributed by atoms with Crippen LogP contribution in [0.1, 0.15) is 34.9 Å². The Labute approximate surface area is 161 Å². The maximum Gasteiger partial charge on any atom is 0.325 e. The molecule has 2 aliphatic rings. The number of carbonyl (C=O) groups is 3. The molecule has 0 bridgehead atoms. The molecule has 0 saturated carbocycles. The number of nitrogens with zero attached hydrogens (tertiary/aromatic N) is 1. The summed E-state index contributed by atoms with van der Waals surface area (Å²) in [6.07, 6.45) is 3.17. The summed E-state index contributed by atoms with van der Waals surface area (Å²) in [5, 5.41) is 7.46. The summed E-state index contributed by atoms with van der Waals surface area (Å²) in [5.74, 6) is -0.748. The number of fused-ring (bicyclic) bond motifs is 1. The van der Waals surface area contributed by atoms with E-state index in [-0.39, 0.29) is 12.5 Å². The molecular weight excluding hydrogens is 362 g/mol. The number of benzene rings is 1. The highest BCUT2D eigenvalue weighted by Gasteiger charge is 2.49. The summed E-state index contributed by atoms with van der Waals surface area (Å²) in [5.41, 5.74) is 2.18. The van der Waals surface area contributed by atoms with Gasteiger partial charge in [0.05, 0.1) is 6.54 Å². The molecule has 1 saturated heterocycles. The minimum Gasteiger partial charge on any atom is -0.350 e. The molecule has 4 amide bonds. The zero-order valence-corrected chi connectivity index (χ0v) is 15.9. The quantitative estimate of drug-likeness (QED) is 0.778. The summed E-state index contributed by atoms with van der Waals surface area (Å²) in [6, 6.07) is 9.26. The number of carbonyl (C=O) groups excluding carboxylic acids is 3. The Morgan fingerprint density at radius 2 is 2.07 bits per heavy atom. The normalized spacial score (nSPS) is 21.3. The topological polar surface area (TPSA) is 78.5 Å². The third kappa shape index (κ3) is 3.23. The van der Waals surface area contributed by atoms with Gasteiger partial charge in [0.2, 0.25) is 5.91 Å². The molecule has 4 rings (SSSR count). The van der Waals surface area contributed by atoms with Crippen LogP contribution in [0.5, 0.6) is 0 Å². The predicted molar refractivity (Wildman–Crippen MR) is 102 cm³/mol. The van der Waals surface area contributed by atoms with Crippen molar-refractivity contribution < 1.29 is 14.4 Å². The second-order valence-corrected chi connectivity index (χ2v) is 8.17. The minimum atomic E-state index is -1.14. The van der Waals surface area contributed by atoms with Crippen LogP contribution in [0.4, 0.5) is 4.79 Å². The summed E-state index contributed by atoms with van der Waals surface area (Å²) in [7, 11) is 0. The fourth-order valence-electron chi connectivity index (χ4n) is 3.72. The molecule has 1 aromatic heterocycles. The van der Waals surface area contributed by atoms with Gasteiger partial charge in [-0.1, -0.05) is 24.3 Å². The molecule has 6 nitrogen and oxygen atoms in total. The molecule has 1 aliphatic carbocycles. The van der Waals surface area contributed by atoms with Crippen LogP contribution in [0.3, 0.4) is 0 Å². The maximum atomic E-state index is 13.0. The van der Waals surface area contributed by atoms with Crippen LogP contribution in [-0.4, -0.2) is 29.3 Å². The third-order valence-electron chi connectivity index (χ3n) is 5.29. The van der Waals surface area contributed by atoms with Crippen molar-refractivity contribution >= 4 is 29.2 Å². The number of amides is 4. The molecule has 2 aromatic rings. The molecule has 2 heterocycles. The number of imide groups is 1. The smallest absolute Gasteiger partial charge is 0.325 e. The molecule has 140 valence electrons. The van der Waals surface area contributed by atoms with Gasteiger partial charge in [-0.2, -0.15) is 0 Å². The molecule has 2 N–H and O–H groups in total. The molecule has 1 atom stereocenters. The molecule has 1 fully saturated rings. The van der Waals surface area contributed by atoms with Crippen molar-refractivity contribution in [3.63, 3.8) is 0 Å². The molecule has 27 heavy (non-hydrogen) atoms. The number of hydrogen-bond acceptors (Lipinski definition) is 4. The number of nitrogens with one attached hydrogen (secondary N) is 2. The van der Waals surface area contributed by atoms with Gasteiger partial charge < -0.3 is 10.6 Å². The van der Waals surface area contributed by atoms with E-state index in [2.05, 4.69) is 10.6 Å². The van der Waals surface area contributed by atoms with Crippen LogP contribution in [0.25, 0.3) is 0 Å². The first-order valence-corrected chi connectivity index (χ1v) is 9.91. The zero-order chi connectivity index (χ0) is 19.0. The first-order valence-electron chi connectivity index (χ1n) is 9.03. The standard InChI is InChI=1S/C20H21N3O3S/c1-20(15-8-7-13-4-2-5-14(13)10-15)18(25)23(19(26)22-20)12-17(24)21-11-16-6-3-9-27-16/h3,6-10H,2,4-5,11-12H2,1H3,(H,21,24)(H,22,26)/t20-/m0/s1. The van der Waals surface area contributed by atoms with E-state index < -0.39 is 17.5 Å². The monoisotopic (exact) mass is 383 g/mol. The van der Waals surface area contributed by atoms with Gasteiger partial charge in [0.25, 0.3) is 5.91 Å². The molecule has 1 aromatic carbocycles. The van der Waals surface area contributed by atoms with Gasteiger partial charge in [-0.05, 0) is 54.3 Å². The van der Waals surface area contributed by atoms with Gasteiger partial charge in [-0.3, -0.25) is 14.5 Å². The van der Waals surface area contributed by atoms with E-state index in [0.29, 0.717) is 6.54 Å². The van der Waals surface area contributed by atoms with Gasteiger partial charge >= 0.3 is 6.03 Å². The minimum absolute atomic E-state index is 0.281. The molecule has 0 spiro atoms. The van der Waals surface area contributed by atoms with Crippen LogP contribution in [-0.2, 0) is 34.5 Å². The van der Waals surface area contributed by atoms with Crippen molar-refractivity contribution in [2.45, 2.75) is 38.3 Å². The van der Waals surface area contributed by atoms with Crippen LogP contribution >= 0.6 is 11.3 Å². The molecular formula is C20H21N3O3S. The highest BCUT2D eigenvalue weighted by Crippen LogP contribution is 2.32. The molecule has 1 aliphatic heterocycles. The van der Waals surface area contributed by atoms with Gasteiger partial charge in [-0.15, -0.1) is 11.3 Å². The van der Waals surface area contributed by atoms with Crippen molar-refractivity contribution in [2.24, 2.45) is 0 Å². The Kier molecular flexibility index (Phi) is 4.47. The second kappa shape index (κ2) is 6.81. The largest absolute Gasteiger partial charge is 0.350 e. The predicted octanol–water partition coefficient (Wildman–Crippen LogP) is 2.32. The zero-order valence-electron chi connectivity index (χ0n) is 15.1.